The van der Waals surface area contributed by atoms with E-state index in [2.05, 4.69) is 4.98 Å². The lowest BCUT2D eigenvalue weighted by Gasteiger charge is -2.21. The Bertz CT molecular complexity index is 1200. The van der Waals surface area contributed by atoms with Gasteiger partial charge in [-0.1, -0.05) is 35.1 Å². The second kappa shape index (κ2) is 8.73. The lowest BCUT2D eigenvalue weighted by Crippen LogP contribution is -2.31. The molecule has 0 atom stereocenters. The van der Waals surface area contributed by atoms with Crippen molar-refractivity contribution < 1.29 is 14.3 Å². The third-order valence-corrected chi connectivity index (χ3v) is 6.09. The first-order chi connectivity index (χ1) is 15.0. The number of aryl methyl sites for hydroxylation is 2. The van der Waals surface area contributed by atoms with Gasteiger partial charge in [-0.15, -0.1) is 0 Å². The molecule has 0 fully saturated rings. The Morgan fingerprint density at radius 2 is 1.84 bits per heavy atom. The number of benzene rings is 2. The number of pyridine rings is 1. The zero-order chi connectivity index (χ0) is 22.0. The molecule has 0 spiro atoms. The summed E-state index contributed by atoms with van der Waals surface area (Å²) in [6, 6.07) is 13.4. The Balaban J connectivity index is 1.82. The van der Waals surface area contributed by atoms with Crippen LogP contribution in [0.2, 0.25) is 0 Å². The molecule has 0 unspecified atom stereocenters. The molecular formula is C24H23N3O3S. The van der Waals surface area contributed by atoms with Crippen molar-refractivity contribution in [1.29, 1.82) is 0 Å². The van der Waals surface area contributed by atoms with Crippen molar-refractivity contribution >= 4 is 32.6 Å². The van der Waals surface area contributed by atoms with Gasteiger partial charge in [-0.25, -0.2) is 4.98 Å². The lowest BCUT2D eigenvalue weighted by molar-refractivity contribution is 0.0984. The van der Waals surface area contributed by atoms with Crippen molar-refractivity contribution in [3.05, 3.63) is 77.1 Å². The van der Waals surface area contributed by atoms with E-state index in [4.69, 9.17) is 14.5 Å². The number of methoxy groups -OCH3 is 2. The zero-order valence-corrected chi connectivity index (χ0v) is 18.7. The molecule has 31 heavy (non-hydrogen) atoms. The van der Waals surface area contributed by atoms with Gasteiger partial charge >= 0.3 is 0 Å². The number of rotatable bonds is 6. The van der Waals surface area contributed by atoms with E-state index in [9.17, 15) is 4.79 Å². The summed E-state index contributed by atoms with van der Waals surface area (Å²) in [7, 11) is 3.19. The summed E-state index contributed by atoms with van der Waals surface area (Å²) >= 11 is 1.44. The van der Waals surface area contributed by atoms with Gasteiger partial charge < -0.3 is 9.47 Å². The Hall–Kier alpha value is -3.45. The van der Waals surface area contributed by atoms with Crippen LogP contribution in [0.3, 0.4) is 0 Å². The smallest absolute Gasteiger partial charge is 0.260 e. The maximum absolute atomic E-state index is 13.7. The number of amides is 1. The summed E-state index contributed by atoms with van der Waals surface area (Å²) < 4.78 is 11.7. The molecule has 2 aromatic heterocycles. The third-order valence-electron chi connectivity index (χ3n) is 5.05. The summed E-state index contributed by atoms with van der Waals surface area (Å²) in [5, 5.41) is 0.611. The zero-order valence-electron chi connectivity index (χ0n) is 17.9. The number of aromatic nitrogens is 2. The minimum Gasteiger partial charge on any atom is -0.493 e. The lowest BCUT2D eigenvalue weighted by atomic mass is 10.0. The number of carbonyl (C=O) groups excluding carboxylic acids is 1. The normalized spacial score (nSPS) is 10.8. The van der Waals surface area contributed by atoms with Crippen LogP contribution < -0.4 is 14.4 Å². The summed E-state index contributed by atoms with van der Waals surface area (Å²) in [6.07, 6.45) is 3.49. The van der Waals surface area contributed by atoms with Crippen molar-refractivity contribution in [1.82, 2.24) is 9.97 Å². The molecule has 158 valence electrons. The topological polar surface area (TPSA) is 64.5 Å². The number of hydrogen-bond acceptors (Lipinski definition) is 6. The van der Waals surface area contributed by atoms with E-state index < -0.39 is 0 Å². The van der Waals surface area contributed by atoms with Crippen LogP contribution in [-0.4, -0.2) is 30.1 Å². The molecule has 2 aromatic carbocycles. The minimum absolute atomic E-state index is 0.0944. The third kappa shape index (κ3) is 4.22. The van der Waals surface area contributed by atoms with E-state index >= 15 is 0 Å². The molecule has 6 nitrogen and oxygen atoms in total. The summed E-state index contributed by atoms with van der Waals surface area (Å²) in [4.78, 5) is 24.3. The second-order valence-electron chi connectivity index (χ2n) is 7.24. The standard InChI is InChI=1S/C24H23N3O3S/c1-15-7-8-16(2)18(10-15)23(28)27(14-17-6-5-9-25-13-17)24-26-19-11-20(29-3)21(30-4)12-22(19)31-24/h5-13H,14H2,1-4H3. The van der Waals surface area contributed by atoms with Gasteiger partial charge in [0.1, 0.15) is 0 Å². The van der Waals surface area contributed by atoms with Gasteiger partial charge in [0.05, 0.1) is 31.0 Å². The van der Waals surface area contributed by atoms with Crippen molar-refractivity contribution in [2.24, 2.45) is 0 Å². The van der Waals surface area contributed by atoms with E-state index in [1.165, 1.54) is 11.3 Å². The Labute approximate surface area is 185 Å². The largest absolute Gasteiger partial charge is 0.493 e. The Morgan fingerprint density at radius 1 is 1.06 bits per heavy atom. The van der Waals surface area contributed by atoms with Crippen LogP contribution in [0.25, 0.3) is 10.2 Å². The number of carbonyl (C=O) groups is 1. The molecular weight excluding hydrogens is 410 g/mol. The predicted molar refractivity (Wildman–Crippen MR) is 123 cm³/mol. The molecule has 4 rings (SSSR count). The highest BCUT2D eigenvalue weighted by Crippen LogP contribution is 2.38. The van der Waals surface area contributed by atoms with Crippen molar-refractivity contribution in [2.75, 3.05) is 19.1 Å². The molecule has 0 aliphatic heterocycles. The highest BCUT2D eigenvalue weighted by molar-refractivity contribution is 7.22. The molecule has 0 saturated carbocycles. The molecule has 1 amide bonds. The van der Waals surface area contributed by atoms with Gasteiger partial charge in [-0.3, -0.25) is 14.7 Å². The average Bonchev–Trinajstić information content (AvgIpc) is 3.20. The molecule has 7 heteroatoms. The van der Waals surface area contributed by atoms with Gasteiger partial charge in [0, 0.05) is 30.1 Å². The number of fused-ring (bicyclic) bond motifs is 1. The van der Waals surface area contributed by atoms with Crippen LogP contribution >= 0.6 is 11.3 Å². The minimum atomic E-state index is -0.0944. The van der Waals surface area contributed by atoms with Crippen molar-refractivity contribution in [2.45, 2.75) is 20.4 Å². The van der Waals surface area contributed by atoms with Gasteiger partial charge in [0.15, 0.2) is 16.6 Å². The molecule has 4 aromatic rings. The summed E-state index contributed by atoms with van der Waals surface area (Å²) in [6.45, 7) is 4.30. The monoisotopic (exact) mass is 433 g/mol. The maximum Gasteiger partial charge on any atom is 0.260 e. The fraction of sp³-hybridized carbons (Fsp3) is 0.208. The van der Waals surface area contributed by atoms with Gasteiger partial charge in [-0.2, -0.15) is 0 Å². The number of anilines is 1. The number of ether oxygens (including phenoxy) is 2. The first-order valence-electron chi connectivity index (χ1n) is 9.80. The molecule has 0 saturated heterocycles. The van der Waals surface area contributed by atoms with E-state index in [1.54, 1.807) is 31.5 Å². The second-order valence-corrected chi connectivity index (χ2v) is 8.25. The molecule has 0 aliphatic rings. The van der Waals surface area contributed by atoms with Gasteiger partial charge in [0.2, 0.25) is 0 Å². The van der Waals surface area contributed by atoms with E-state index in [1.807, 2.05) is 56.3 Å². The fourth-order valence-corrected chi connectivity index (χ4v) is 4.34. The first kappa shape index (κ1) is 20.8. The molecule has 0 aliphatic carbocycles. The number of thiazole rings is 1. The molecule has 0 radical (unpaired) electrons. The summed E-state index contributed by atoms with van der Waals surface area (Å²) in [5.74, 6) is 1.14. The van der Waals surface area contributed by atoms with Crippen LogP contribution in [0.1, 0.15) is 27.0 Å². The fourth-order valence-electron chi connectivity index (χ4n) is 3.37. The highest BCUT2D eigenvalue weighted by atomic mass is 32.1. The van der Waals surface area contributed by atoms with Crippen LogP contribution in [0, 0.1) is 13.8 Å². The molecule has 2 heterocycles. The Morgan fingerprint density at radius 3 is 2.55 bits per heavy atom. The van der Waals surface area contributed by atoms with Gasteiger partial charge in [0.25, 0.3) is 5.91 Å². The Kier molecular flexibility index (Phi) is 5.86. The summed E-state index contributed by atoms with van der Waals surface area (Å²) in [5.41, 5.74) is 4.31. The molecule has 0 N–H and O–H groups in total. The van der Waals surface area contributed by atoms with Crippen LogP contribution in [0.4, 0.5) is 5.13 Å². The van der Waals surface area contributed by atoms with E-state index in [0.29, 0.717) is 28.7 Å². The SMILES string of the molecule is COc1cc2nc(N(Cc3cccnc3)C(=O)c3cc(C)ccc3C)sc2cc1OC. The predicted octanol–water partition coefficient (Wildman–Crippen LogP) is 5.17. The highest BCUT2D eigenvalue weighted by Gasteiger charge is 2.24. The van der Waals surface area contributed by atoms with Crippen molar-refractivity contribution in [3.63, 3.8) is 0 Å². The van der Waals surface area contributed by atoms with E-state index in [0.717, 1.165) is 26.9 Å². The van der Waals surface area contributed by atoms with Crippen LogP contribution in [0.15, 0.2) is 54.9 Å². The quantitative estimate of drug-likeness (QED) is 0.420. The first-order valence-corrected chi connectivity index (χ1v) is 10.6. The van der Waals surface area contributed by atoms with Crippen LogP contribution in [0.5, 0.6) is 11.5 Å². The van der Waals surface area contributed by atoms with Crippen LogP contribution in [-0.2, 0) is 6.54 Å². The maximum atomic E-state index is 13.7. The van der Waals surface area contributed by atoms with Crippen molar-refractivity contribution in [3.8, 4) is 11.5 Å². The van der Waals surface area contributed by atoms with E-state index in [-0.39, 0.29) is 5.91 Å². The number of nitrogens with zero attached hydrogens (tertiary/aromatic N) is 3. The van der Waals surface area contributed by atoms with Gasteiger partial charge in [-0.05, 0) is 37.1 Å². The molecule has 0 bridgehead atoms. The number of hydrogen-bond donors (Lipinski definition) is 0. The average molecular weight is 434 g/mol.